The third kappa shape index (κ3) is 3.52. The van der Waals surface area contributed by atoms with Gasteiger partial charge in [-0.2, -0.15) is 0 Å². The summed E-state index contributed by atoms with van der Waals surface area (Å²) in [5.74, 6) is 0.791. The van der Waals surface area contributed by atoms with Crippen molar-refractivity contribution in [2.24, 2.45) is 0 Å². The van der Waals surface area contributed by atoms with Crippen molar-refractivity contribution in [3.8, 4) is 0 Å². The first kappa shape index (κ1) is 13.5. The molecular weight excluding hydrogens is 287 g/mol. The summed E-state index contributed by atoms with van der Waals surface area (Å²) in [5, 5.41) is 1.30. The highest BCUT2D eigenvalue weighted by Gasteiger charge is 2.04. The minimum absolute atomic E-state index is 0.577. The maximum Gasteiger partial charge on any atom is 0.151 e. The van der Waals surface area contributed by atoms with Gasteiger partial charge in [0.15, 0.2) is 6.29 Å². The molecule has 92 valence electrons. The second kappa shape index (κ2) is 6.28. The maximum atomic E-state index is 10.9. The Morgan fingerprint density at radius 3 is 2.33 bits per heavy atom. The molecule has 2 aromatic rings. The number of carbonyl (C=O) groups excluding carboxylic acids is 1. The first-order valence-corrected chi connectivity index (χ1v) is 7.05. The molecule has 0 spiro atoms. The molecule has 0 heterocycles. The van der Waals surface area contributed by atoms with Crippen molar-refractivity contribution in [3.05, 3.63) is 63.6 Å². The molecule has 2 aromatic carbocycles. The zero-order valence-electron chi connectivity index (χ0n) is 9.40. The fraction of sp³-hybridized carbons (Fsp3) is 0.0714. The monoisotopic (exact) mass is 296 g/mol. The van der Waals surface area contributed by atoms with Crippen molar-refractivity contribution in [2.75, 3.05) is 0 Å². The quantitative estimate of drug-likeness (QED) is 0.577. The van der Waals surface area contributed by atoms with E-state index in [-0.39, 0.29) is 0 Å². The van der Waals surface area contributed by atoms with E-state index in [0.717, 1.165) is 27.5 Å². The summed E-state index contributed by atoms with van der Waals surface area (Å²) in [4.78, 5) is 11.9. The molecule has 1 nitrogen and oxygen atoms in total. The summed E-state index contributed by atoms with van der Waals surface area (Å²) in [6.07, 6.45) is 0.829. The van der Waals surface area contributed by atoms with Gasteiger partial charge in [-0.3, -0.25) is 4.79 Å². The van der Waals surface area contributed by atoms with E-state index in [4.69, 9.17) is 23.2 Å². The van der Waals surface area contributed by atoms with Crippen molar-refractivity contribution in [1.29, 1.82) is 0 Å². The molecule has 18 heavy (non-hydrogen) atoms. The van der Waals surface area contributed by atoms with E-state index < -0.39 is 0 Å². The minimum atomic E-state index is 0.577. The normalized spacial score (nSPS) is 10.3. The van der Waals surface area contributed by atoms with E-state index in [1.54, 1.807) is 23.9 Å². The number of carbonyl (C=O) groups is 1. The molecule has 0 aromatic heterocycles. The Kier molecular flexibility index (Phi) is 4.70. The van der Waals surface area contributed by atoms with Crippen LogP contribution in [0.2, 0.25) is 10.0 Å². The topological polar surface area (TPSA) is 17.1 Å². The summed E-state index contributed by atoms with van der Waals surface area (Å²) < 4.78 is 0. The Hall–Kier alpha value is -0.960. The minimum Gasteiger partial charge on any atom is -0.298 e. The van der Waals surface area contributed by atoms with Crippen LogP contribution in [0.1, 0.15) is 15.9 Å². The van der Waals surface area contributed by atoms with E-state index >= 15 is 0 Å². The third-order valence-electron chi connectivity index (χ3n) is 2.41. The predicted octanol–water partition coefficient (Wildman–Crippen LogP) is 5.10. The first-order valence-electron chi connectivity index (χ1n) is 5.31. The fourth-order valence-electron chi connectivity index (χ4n) is 1.48. The van der Waals surface area contributed by atoms with Crippen LogP contribution in [0.25, 0.3) is 0 Å². The van der Waals surface area contributed by atoms with Gasteiger partial charge in [0, 0.05) is 26.3 Å². The van der Waals surface area contributed by atoms with E-state index in [0.29, 0.717) is 10.6 Å². The number of rotatable bonds is 4. The Labute approximate surface area is 120 Å². The summed E-state index contributed by atoms with van der Waals surface area (Å²) in [5.41, 5.74) is 1.79. The average Bonchev–Trinajstić information content (AvgIpc) is 2.39. The largest absolute Gasteiger partial charge is 0.298 e. The van der Waals surface area contributed by atoms with Crippen molar-refractivity contribution in [2.45, 2.75) is 10.6 Å². The lowest BCUT2D eigenvalue weighted by Crippen LogP contribution is -1.86. The van der Waals surface area contributed by atoms with Gasteiger partial charge in [0.1, 0.15) is 0 Å². The van der Waals surface area contributed by atoms with Crippen molar-refractivity contribution < 1.29 is 4.79 Å². The lowest BCUT2D eigenvalue weighted by Gasteiger charge is -2.05. The SMILES string of the molecule is O=Cc1cc(Cl)ccc1SCc1ccc(Cl)cc1. The van der Waals surface area contributed by atoms with Gasteiger partial charge in [0.2, 0.25) is 0 Å². The van der Waals surface area contributed by atoms with Crippen LogP contribution in [0.4, 0.5) is 0 Å². The fourth-order valence-corrected chi connectivity index (χ4v) is 2.74. The van der Waals surface area contributed by atoms with E-state index in [9.17, 15) is 4.79 Å². The molecule has 0 unspecified atom stereocenters. The molecule has 2 rings (SSSR count). The standard InChI is InChI=1S/C14H10Cl2OS/c15-12-3-1-10(2-4-12)9-18-14-6-5-13(16)7-11(14)8-17/h1-8H,9H2. The highest BCUT2D eigenvalue weighted by atomic mass is 35.5. The van der Waals surface area contributed by atoms with E-state index in [1.807, 2.05) is 30.3 Å². The van der Waals surface area contributed by atoms with Crippen LogP contribution in [0.3, 0.4) is 0 Å². The second-order valence-electron chi connectivity index (χ2n) is 3.72. The highest BCUT2D eigenvalue weighted by molar-refractivity contribution is 7.98. The molecule has 0 radical (unpaired) electrons. The van der Waals surface area contributed by atoms with Crippen molar-refractivity contribution in [3.63, 3.8) is 0 Å². The van der Waals surface area contributed by atoms with Crippen LogP contribution in [-0.4, -0.2) is 6.29 Å². The van der Waals surface area contributed by atoms with Gasteiger partial charge >= 0.3 is 0 Å². The molecule has 0 aliphatic carbocycles. The van der Waals surface area contributed by atoms with Crippen LogP contribution >= 0.6 is 35.0 Å². The van der Waals surface area contributed by atoms with E-state index in [1.165, 1.54) is 0 Å². The lowest BCUT2D eigenvalue weighted by atomic mass is 10.2. The van der Waals surface area contributed by atoms with Gasteiger partial charge in [-0.25, -0.2) is 0 Å². The number of hydrogen-bond acceptors (Lipinski definition) is 2. The van der Waals surface area contributed by atoms with Gasteiger partial charge in [-0.05, 0) is 35.9 Å². The predicted molar refractivity (Wildman–Crippen MR) is 77.9 cm³/mol. The summed E-state index contributed by atoms with van der Waals surface area (Å²) in [6, 6.07) is 13.0. The molecule has 0 atom stereocenters. The molecule has 0 amide bonds. The Morgan fingerprint density at radius 1 is 1.00 bits per heavy atom. The smallest absolute Gasteiger partial charge is 0.151 e. The molecule has 0 saturated carbocycles. The summed E-state index contributed by atoms with van der Waals surface area (Å²) >= 11 is 13.3. The van der Waals surface area contributed by atoms with Crippen molar-refractivity contribution >= 4 is 41.2 Å². The van der Waals surface area contributed by atoms with Crippen LogP contribution < -0.4 is 0 Å². The van der Waals surface area contributed by atoms with Gasteiger partial charge in [-0.15, -0.1) is 11.8 Å². The zero-order valence-corrected chi connectivity index (χ0v) is 11.7. The number of aldehydes is 1. The molecule has 0 saturated heterocycles. The Morgan fingerprint density at radius 2 is 1.67 bits per heavy atom. The molecule has 0 fully saturated rings. The van der Waals surface area contributed by atoms with Gasteiger partial charge in [0.05, 0.1) is 0 Å². The highest BCUT2D eigenvalue weighted by Crippen LogP contribution is 2.28. The van der Waals surface area contributed by atoms with Crippen LogP contribution in [0.15, 0.2) is 47.4 Å². The van der Waals surface area contributed by atoms with E-state index in [2.05, 4.69) is 0 Å². The number of halogens is 2. The molecule has 0 bridgehead atoms. The molecule has 4 heteroatoms. The summed E-state index contributed by atoms with van der Waals surface area (Å²) in [6.45, 7) is 0. The van der Waals surface area contributed by atoms with Crippen molar-refractivity contribution in [1.82, 2.24) is 0 Å². The molecule has 0 aliphatic heterocycles. The molecule has 0 N–H and O–H groups in total. The number of benzene rings is 2. The van der Waals surface area contributed by atoms with Crippen LogP contribution in [0, 0.1) is 0 Å². The summed E-state index contributed by atoms with van der Waals surface area (Å²) in [7, 11) is 0. The van der Waals surface area contributed by atoms with Gasteiger partial charge in [-0.1, -0.05) is 35.3 Å². The first-order chi connectivity index (χ1) is 8.69. The average molecular weight is 297 g/mol. The lowest BCUT2D eigenvalue weighted by molar-refractivity contribution is 0.112. The Balaban J connectivity index is 2.10. The van der Waals surface area contributed by atoms with Gasteiger partial charge < -0.3 is 0 Å². The van der Waals surface area contributed by atoms with Gasteiger partial charge in [0.25, 0.3) is 0 Å². The van der Waals surface area contributed by atoms with Crippen LogP contribution in [-0.2, 0) is 5.75 Å². The molecule has 0 aliphatic rings. The Bertz CT molecular complexity index is 552. The second-order valence-corrected chi connectivity index (χ2v) is 5.61. The number of thioether (sulfide) groups is 1. The third-order valence-corrected chi connectivity index (χ3v) is 4.05. The maximum absolute atomic E-state index is 10.9. The molecular formula is C14H10Cl2OS. The number of hydrogen-bond donors (Lipinski definition) is 0. The zero-order chi connectivity index (χ0) is 13.0. The van der Waals surface area contributed by atoms with Crippen LogP contribution in [0.5, 0.6) is 0 Å².